The highest BCUT2D eigenvalue weighted by molar-refractivity contribution is 7.92. The smallest absolute Gasteiger partial charge is 0.264 e. The fourth-order valence-corrected chi connectivity index (χ4v) is 4.67. The minimum atomic E-state index is -3.96. The first-order chi connectivity index (χ1) is 14.6. The Morgan fingerprint density at radius 2 is 1.52 bits per heavy atom. The number of carbonyl (C=O) groups excluding carboxylic acids is 1. The normalized spacial score (nSPS) is 11.3. The first kappa shape index (κ1) is 22.8. The van der Waals surface area contributed by atoms with Crippen molar-refractivity contribution in [1.82, 2.24) is 0 Å². The summed E-state index contributed by atoms with van der Waals surface area (Å²) >= 11 is 6.04. The maximum absolute atomic E-state index is 13.5. The minimum Gasteiger partial charge on any atom is -0.324 e. The molecule has 0 aliphatic rings. The molecule has 0 saturated heterocycles. The van der Waals surface area contributed by atoms with Crippen molar-refractivity contribution in [1.29, 1.82) is 0 Å². The van der Waals surface area contributed by atoms with Crippen molar-refractivity contribution in [2.75, 3.05) is 16.2 Å². The van der Waals surface area contributed by atoms with E-state index in [-0.39, 0.29) is 11.4 Å². The summed E-state index contributed by atoms with van der Waals surface area (Å²) < 4.78 is 28.1. The number of sulfonamides is 1. The van der Waals surface area contributed by atoms with Gasteiger partial charge in [-0.05, 0) is 80.8 Å². The molecule has 7 heteroatoms. The van der Waals surface area contributed by atoms with Gasteiger partial charge in [-0.3, -0.25) is 9.10 Å². The predicted octanol–water partition coefficient (Wildman–Crippen LogP) is 5.41. The third-order valence-corrected chi connectivity index (χ3v) is 7.17. The van der Waals surface area contributed by atoms with E-state index in [1.54, 1.807) is 54.6 Å². The monoisotopic (exact) mass is 456 g/mol. The maximum atomic E-state index is 13.5. The van der Waals surface area contributed by atoms with Gasteiger partial charge in [0, 0.05) is 10.7 Å². The largest absolute Gasteiger partial charge is 0.324 e. The predicted molar refractivity (Wildman–Crippen MR) is 126 cm³/mol. The van der Waals surface area contributed by atoms with Gasteiger partial charge in [0.05, 0.1) is 10.6 Å². The zero-order valence-corrected chi connectivity index (χ0v) is 19.5. The minimum absolute atomic E-state index is 0.128. The zero-order chi connectivity index (χ0) is 22.8. The third kappa shape index (κ3) is 5.27. The Hall–Kier alpha value is -2.83. The van der Waals surface area contributed by atoms with Gasteiger partial charge in [-0.2, -0.15) is 0 Å². The van der Waals surface area contributed by atoms with Crippen LogP contribution in [0.2, 0.25) is 5.02 Å². The van der Waals surface area contributed by atoms with Crippen LogP contribution in [-0.4, -0.2) is 20.9 Å². The first-order valence-electron chi connectivity index (χ1n) is 9.80. The van der Waals surface area contributed by atoms with Gasteiger partial charge in [-0.1, -0.05) is 41.4 Å². The summed E-state index contributed by atoms with van der Waals surface area (Å²) in [5.74, 6) is -0.459. The van der Waals surface area contributed by atoms with Crippen molar-refractivity contribution in [2.45, 2.75) is 32.6 Å². The summed E-state index contributed by atoms with van der Waals surface area (Å²) in [6, 6.07) is 17.1. The SMILES string of the molecule is Cc1ccc(S(=O)(=O)N(CC(=O)Nc2cc(Cl)ccc2C)c2ccc(C)c(C)c2)cc1. The molecule has 0 aromatic heterocycles. The molecule has 0 unspecified atom stereocenters. The molecule has 0 bridgehead atoms. The summed E-state index contributed by atoms with van der Waals surface area (Å²) in [4.78, 5) is 13.0. The lowest BCUT2D eigenvalue weighted by atomic mass is 10.1. The number of anilines is 2. The lowest BCUT2D eigenvalue weighted by molar-refractivity contribution is -0.114. The number of hydrogen-bond acceptors (Lipinski definition) is 3. The first-order valence-corrected chi connectivity index (χ1v) is 11.6. The van der Waals surface area contributed by atoms with E-state index in [0.717, 1.165) is 26.6 Å². The van der Waals surface area contributed by atoms with Crippen LogP contribution in [0.25, 0.3) is 0 Å². The van der Waals surface area contributed by atoms with Crippen LogP contribution in [0.4, 0.5) is 11.4 Å². The van der Waals surface area contributed by atoms with E-state index in [0.29, 0.717) is 16.4 Å². The molecule has 0 aliphatic heterocycles. The number of aryl methyl sites for hydroxylation is 4. The molecule has 0 spiro atoms. The van der Waals surface area contributed by atoms with Crippen LogP contribution in [0.3, 0.4) is 0 Å². The van der Waals surface area contributed by atoms with Crippen LogP contribution >= 0.6 is 11.6 Å². The Balaban J connectivity index is 1.99. The highest BCUT2D eigenvalue weighted by Gasteiger charge is 2.27. The molecule has 0 aliphatic carbocycles. The molecule has 3 rings (SSSR count). The molecule has 1 N–H and O–H groups in total. The van der Waals surface area contributed by atoms with Crippen LogP contribution in [0.5, 0.6) is 0 Å². The highest BCUT2D eigenvalue weighted by Crippen LogP contribution is 2.27. The number of hydrogen-bond donors (Lipinski definition) is 1. The van der Waals surface area contributed by atoms with E-state index in [4.69, 9.17) is 11.6 Å². The fourth-order valence-electron chi connectivity index (χ4n) is 3.08. The van der Waals surface area contributed by atoms with E-state index < -0.39 is 15.9 Å². The van der Waals surface area contributed by atoms with Crippen molar-refractivity contribution in [2.24, 2.45) is 0 Å². The fraction of sp³-hybridized carbons (Fsp3) is 0.208. The molecular weight excluding hydrogens is 432 g/mol. The van der Waals surface area contributed by atoms with Crippen molar-refractivity contribution >= 4 is 38.9 Å². The molecule has 0 atom stereocenters. The van der Waals surface area contributed by atoms with E-state index >= 15 is 0 Å². The average molecular weight is 457 g/mol. The van der Waals surface area contributed by atoms with Gasteiger partial charge in [0.25, 0.3) is 10.0 Å². The quantitative estimate of drug-likeness (QED) is 0.539. The Labute approximate surface area is 188 Å². The number of halogens is 1. The molecule has 0 saturated carbocycles. The summed E-state index contributed by atoms with van der Waals surface area (Å²) in [7, 11) is -3.96. The lowest BCUT2D eigenvalue weighted by Crippen LogP contribution is -2.38. The van der Waals surface area contributed by atoms with E-state index in [2.05, 4.69) is 5.32 Å². The Morgan fingerprint density at radius 3 is 2.16 bits per heavy atom. The lowest BCUT2D eigenvalue weighted by Gasteiger charge is -2.25. The number of rotatable bonds is 6. The average Bonchev–Trinajstić information content (AvgIpc) is 2.71. The van der Waals surface area contributed by atoms with Crippen LogP contribution in [0, 0.1) is 27.7 Å². The molecular formula is C24H25ClN2O3S. The van der Waals surface area contributed by atoms with Gasteiger partial charge in [0.2, 0.25) is 5.91 Å². The van der Waals surface area contributed by atoms with Crippen LogP contribution < -0.4 is 9.62 Å². The summed E-state index contributed by atoms with van der Waals surface area (Å²) in [5.41, 5.74) is 4.73. The summed E-state index contributed by atoms with van der Waals surface area (Å²) in [6.45, 7) is 7.22. The van der Waals surface area contributed by atoms with Gasteiger partial charge in [0.15, 0.2) is 0 Å². The number of nitrogens with zero attached hydrogens (tertiary/aromatic N) is 1. The second-order valence-electron chi connectivity index (χ2n) is 7.60. The van der Waals surface area contributed by atoms with Crippen LogP contribution in [0.1, 0.15) is 22.3 Å². The van der Waals surface area contributed by atoms with Crippen molar-refractivity contribution in [3.05, 3.63) is 87.9 Å². The molecule has 5 nitrogen and oxygen atoms in total. The van der Waals surface area contributed by atoms with Crippen molar-refractivity contribution in [3.8, 4) is 0 Å². The molecule has 31 heavy (non-hydrogen) atoms. The summed E-state index contributed by atoms with van der Waals surface area (Å²) in [6.07, 6.45) is 0. The third-order valence-electron chi connectivity index (χ3n) is 5.15. The second-order valence-corrected chi connectivity index (χ2v) is 9.90. The molecule has 0 radical (unpaired) electrons. The second kappa shape index (κ2) is 9.12. The Kier molecular flexibility index (Phi) is 6.72. The zero-order valence-electron chi connectivity index (χ0n) is 17.9. The standard InChI is InChI=1S/C24H25ClN2O3S/c1-16-5-11-22(12-6-16)31(29,30)27(21-10-8-17(2)19(4)13-21)15-24(28)26-23-14-20(25)9-7-18(23)3/h5-14H,15H2,1-4H3,(H,26,28). The highest BCUT2D eigenvalue weighted by atomic mass is 35.5. The maximum Gasteiger partial charge on any atom is 0.264 e. The molecule has 3 aromatic rings. The van der Waals surface area contributed by atoms with Gasteiger partial charge in [-0.15, -0.1) is 0 Å². The van der Waals surface area contributed by atoms with Crippen molar-refractivity contribution in [3.63, 3.8) is 0 Å². The van der Waals surface area contributed by atoms with E-state index in [1.165, 1.54) is 0 Å². The van der Waals surface area contributed by atoms with Gasteiger partial charge in [0.1, 0.15) is 6.54 Å². The molecule has 162 valence electrons. The van der Waals surface area contributed by atoms with Gasteiger partial charge >= 0.3 is 0 Å². The van der Waals surface area contributed by atoms with Crippen LogP contribution in [-0.2, 0) is 14.8 Å². The summed E-state index contributed by atoms with van der Waals surface area (Å²) in [5, 5.41) is 3.27. The molecule has 0 heterocycles. The van der Waals surface area contributed by atoms with Gasteiger partial charge in [-0.25, -0.2) is 8.42 Å². The number of benzene rings is 3. The Bertz CT molecular complexity index is 1220. The number of nitrogens with one attached hydrogen (secondary N) is 1. The van der Waals surface area contributed by atoms with Crippen molar-refractivity contribution < 1.29 is 13.2 Å². The number of amides is 1. The molecule has 1 amide bonds. The topological polar surface area (TPSA) is 66.5 Å². The molecule has 0 fully saturated rings. The van der Waals surface area contributed by atoms with E-state index in [1.807, 2.05) is 33.8 Å². The Morgan fingerprint density at radius 1 is 0.871 bits per heavy atom. The van der Waals surface area contributed by atoms with Crippen LogP contribution in [0.15, 0.2) is 65.6 Å². The van der Waals surface area contributed by atoms with Gasteiger partial charge < -0.3 is 5.32 Å². The number of carbonyl (C=O) groups is 1. The van der Waals surface area contributed by atoms with E-state index in [9.17, 15) is 13.2 Å². The molecule has 3 aromatic carbocycles.